The van der Waals surface area contributed by atoms with Gasteiger partial charge in [-0.3, -0.25) is 0 Å². The van der Waals surface area contributed by atoms with Crippen LogP contribution in [0.5, 0.6) is 0 Å². The van der Waals surface area contributed by atoms with E-state index in [1.165, 1.54) is 5.01 Å². The van der Waals surface area contributed by atoms with E-state index < -0.39 is 0 Å². The van der Waals surface area contributed by atoms with E-state index in [2.05, 4.69) is 38.4 Å². The minimum absolute atomic E-state index is 0.0106. The van der Waals surface area contributed by atoms with Crippen molar-refractivity contribution in [1.82, 2.24) is 10.3 Å². The molecule has 1 aromatic heterocycles. The molecule has 0 saturated carbocycles. The molecule has 1 saturated heterocycles. The standard InChI is InChI=1S/C14H24N2OS/c1-5-7-15-14(12-16-11(2)9-18-12)6-8-17-13(3,4)10-14/h9,15H,5-8,10H2,1-4H3. The maximum absolute atomic E-state index is 5.87. The number of hydrogen-bond donors (Lipinski definition) is 1. The van der Waals surface area contributed by atoms with E-state index in [4.69, 9.17) is 9.72 Å². The van der Waals surface area contributed by atoms with E-state index >= 15 is 0 Å². The van der Waals surface area contributed by atoms with Gasteiger partial charge in [0.1, 0.15) is 5.01 Å². The van der Waals surface area contributed by atoms with Crippen molar-refractivity contribution in [2.75, 3.05) is 13.2 Å². The summed E-state index contributed by atoms with van der Waals surface area (Å²) in [6, 6.07) is 0. The lowest BCUT2D eigenvalue weighted by molar-refractivity contribution is -0.0897. The van der Waals surface area contributed by atoms with Crippen LogP contribution in [-0.4, -0.2) is 23.7 Å². The Bertz CT molecular complexity index is 402. The summed E-state index contributed by atoms with van der Waals surface area (Å²) in [6.45, 7) is 10.5. The van der Waals surface area contributed by atoms with Crippen molar-refractivity contribution in [2.45, 2.75) is 58.1 Å². The van der Waals surface area contributed by atoms with E-state index in [9.17, 15) is 0 Å². The van der Waals surface area contributed by atoms with Crippen molar-refractivity contribution in [2.24, 2.45) is 0 Å². The van der Waals surface area contributed by atoms with Gasteiger partial charge in [0.25, 0.3) is 0 Å². The topological polar surface area (TPSA) is 34.2 Å². The molecule has 1 aliphatic heterocycles. The fraction of sp³-hybridized carbons (Fsp3) is 0.786. The third kappa shape index (κ3) is 2.92. The third-order valence-electron chi connectivity index (χ3n) is 3.49. The van der Waals surface area contributed by atoms with Gasteiger partial charge in [0.15, 0.2) is 0 Å². The molecular weight excluding hydrogens is 244 g/mol. The Labute approximate surface area is 114 Å². The molecule has 3 nitrogen and oxygen atoms in total. The Balaban J connectivity index is 2.28. The predicted molar refractivity (Wildman–Crippen MR) is 76.1 cm³/mol. The number of aryl methyl sites for hydroxylation is 1. The van der Waals surface area contributed by atoms with Gasteiger partial charge in [0, 0.05) is 24.1 Å². The van der Waals surface area contributed by atoms with Gasteiger partial charge in [0.05, 0.1) is 11.1 Å². The van der Waals surface area contributed by atoms with Crippen LogP contribution < -0.4 is 5.32 Å². The highest BCUT2D eigenvalue weighted by molar-refractivity contribution is 7.09. The number of rotatable bonds is 4. The molecule has 0 aliphatic carbocycles. The number of aromatic nitrogens is 1. The zero-order valence-corrected chi connectivity index (χ0v) is 12.7. The van der Waals surface area contributed by atoms with Crippen LogP contribution in [0.3, 0.4) is 0 Å². The summed E-state index contributed by atoms with van der Waals surface area (Å²) in [7, 11) is 0. The second-order valence-corrected chi connectivity index (χ2v) is 6.70. The summed E-state index contributed by atoms with van der Waals surface area (Å²) >= 11 is 1.78. The molecule has 0 radical (unpaired) electrons. The summed E-state index contributed by atoms with van der Waals surface area (Å²) in [6.07, 6.45) is 3.16. The molecule has 0 aromatic carbocycles. The van der Waals surface area contributed by atoms with Gasteiger partial charge < -0.3 is 10.1 Å². The minimum Gasteiger partial charge on any atom is -0.375 e. The normalized spacial score (nSPS) is 27.3. The fourth-order valence-electron chi connectivity index (χ4n) is 2.71. The molecule has 102 valence electrons. The number of hydrogen-bond acceptors (Lipinski definition) is 4. The predicted octanol–water partition coefficient (Wildman–Crippen LogP) is 3.24. The van der Waals surface area contributed by atoms with Crippen LogP contribution in [-0.2, 0) is 10.3 Å². The molecule has 18 heavy (non-hydrogen) atoms. The highest BCUT2D eigenvalue weighted by Crippen LogP contribution is 2.40. The smallest absolute Gasteiger partial charge is 0.113 e. The number of thiazole rings is 1. The van der Waals surface area contributed by atoms with E-state index in [0.717, 1.165) is 38.1 Å². The van der Waals surface area contributed by atoms with Gasteiger partial charge >= 0.3 is 0 Å². The van der Waals surface area contributed by atoms with Crippen molar-refractivity contribution in [1.29, 1.82) is 0 Å². The maximum atomic E-state index is 5.87. The Morgan fingerprint density at radius 2 is 2.28 bits per heavy atom. The first kappa shape index (κ1) is 14.0. The SMILES string of the molecule is CCCNC1(c2nc(C)cs2)CCOC(C)(C)C1. The Hall–Kier alpha value is -0.450. The molecule has 0 spiro atoms. The molecule has 2 heterocycles. The fourth-order valence-corrected chi connectivity index (χ4v) is 3.72. The molecule has 0 amide bonds. The molecule has 1 aliphatic rings. The molecule has 1 aromatic rings. The second-order valence-electron chi connectivity index (χ2n) is 5.84. The minimum atomic E-state index is -0.0709. The number of nitrogens with zero attached hydrogens (tertiary/aromatic N) is 1. The van der Waals surface area contributed by atoms with Crippen LogP contribution in [0, 0.1) is 6.92 Å². The molecule has 1 atom stereocenters. The van der Waals surface area contributed by atoms with Gasteiger partial charge in [0.2, 0.25) is 0 Å². The van der Waals surface area contributed by atoms with Crippen molar-refractivity contribution in [3.8, 4) is 0 Å². The summed E-state index contributed by atoms with van der Waals surface area (Å²) in [5.41, 5.74) is 1.06. The van der Waals surface area contributed by atoms with Gasteiger partial charge in [-0.1, -0.05) is 6.92 Å². The van der Waals surface area contributed by atoms with E-state index in [1.807, 2.05) is 0 Å². The lowest BCUT2D eigenvalue weighted by Crippen LogP contribution is -2.52. The summed E-state index contributed by atoms with van der Waals surface area (Å²) in [4.78, 5) is 4.73. The van der Waals surface area contributed by atoms with E-state index in [0.29, 0.717) is 0 Å². The van der Waals surface area contributed by atoms with Gasteiger partial charge in [-0.2, -0.15) is 0 Å². The van der Waals surface area contributed by atoms with E-state index in [-0.39, 0.29) is 11.1 Å². The third-order valence-corrected chi connectivity index (χ3v) is 4.66. The molecule has 1 unspecified atom stereocenters. The van der Waals surface area contributed by atoms with Crippen LogP contribution in [0.1, 0.15) is 50.7 Å². The first-order valence-electron chi connectivity index (χ1n) is 6.79. The van der Waals surface area contributed by atoms with Crippen molar-refractivity contribution >= 4 is 11.3 Å². The lowest BCUT2D eigenvalue weighted by atomic mass is 9.81. The molecule has 4 heteroatoms. The summed E-state index contributed by atoms with van der Waals surface area (Å²) in [5, 5.41) is 7.11. The Morgan fingerprint density at radius 1 is 1.50 bits per heavy atom. The maximum Gasteiger partial charge on any atom is 0.113 e. The zero-order chi connectivity index (χ0) is 13.2. The molecule has 1 N–H and O–H groups in total. The van der Waals surface area contributed by atoms with Crippen molar-refractivity contribution in [3.63, 3.8) is 0 Å². The second kappa shape index (κ2) is 5.27. The molecule has 1 fully saturated rings. The van der Waals surface area contributed by atoms with Crippen LogP contribution in [0.15, 0.2) is 5.38 Å². The average molecular weight is 268 g/mol. The largest absolute Gasteiger partial charge is 0.375 e. The highest BCUT2D eigenvalue weighted by Gasteiger charge is 2.43. The molecular formula is C14H24N2OS. The monoisotopic (exact) mass is 268 g/mol. The number of nitrogens with one attached hydrogen (secondary N) is 1. The highest BCUT2D eigenvalue weighted by atomic mass is 32.1. The van der Waals surface area contributed by atoms with E-state index in [1.54, 1.807) is 11.3 Å². The lowest BCUT2D eigenvalue weighted by Gasteiger charge is -2.44. The Morgan fingerprint density at radius 3 is 2.83 bits per heavy atom. The van der Waals surface area contributed by atoms with Gasteiger partial charge in [-0.05, 0) is 40.2 Å². The van der Waals surface area contributed by atoms with Crippen LogP contribution in [0.2, 0.25) is 0 Å². The zero-order valence-electron chi connectivity index (χ0n) is 11.9. The summed E-state index contributed by atoms with van der Waals surface area (Å²) in [5.74, 6) is 0. The van der Waals surface area contributed by atoms with Crippen molar-refractivity contribution in [3.05, 3.63) is 16.1 Å². The first-order chi connectivity index (χ1) is 8.47. The number of ether oxygens (including phenoxy) is 1. The molecule has 0 bridgehead atoms. The van der Waals surface area contributed by atoms with Crippen LogP contribution in [0.4, 0.5) is 0 Å². The quantitative estimate of drug-likeness (QED) is 0.910. The average Bonchev–Trinajstić information content (AvgIpc) is 2.72. The summed E-state index contributed by atoms with van der Waals surface area (Å²) < 4.78 is 5.87. The van der Waals surface area contributed by atoms with Gasteiger partial charge in [-0.25, -0.2) is 4.98 Å². The van der Waals surface area contributed by atoms with Crippen LogP contribution in [0.25, 0.3) is 0 Å². The van der Waals surface area contributed by atoms with Crippen molar-refractivity contribution < 1.29 is 4.74 Å². The van der Waals surface area contributed by atoms with Gasteiger partial charge in [-0.15, -0.1) is 11.3 Å². The Kier molecular flexibility index (Phi) is 4.09. The first-order valence-corrected chi connectivity index (χ1v) is 7.67. The molecule has 2 rings (SSSR count). The van der Waals surface area contributed by atoms with Crippen LogP contribution >= 0.6 is 11.3 Å².